The fraction of sp³-hybridized carbons (Fsp3) is 0.333. The number of piperazine rings is 1. The third kappa shape index (κ3) is 3.31. The summed E-state index contributed by atoms with van der Waals surface area (Å²) >= 11 is 3.36. The lowest BCUT2D eigenvalue weighted by Gasteiger charge is -2.29. The predicted molar refractivity (Wildman–Crippen MR) is 90.4 cm³/mol. The van der Waals surface area contributed by atoms with Crippen molar-refractivity contribution in [3.63, 3.8) is 0 Å². The lowest BCUT2D eigenvalue weighted by Crippen LogP contribution is -2.43. The number of hydrogen-bond donors (Lipinski definition) is 2. The molecule has 1 amide bonds. The number of pyridine rings is 1. The number of amides is 1. The number of nitrogens with one attached hydrogen (secondary N) is 2. The average molecular weight is 364 g/mol. The molecule has 0 bridgehead atoms. The first kappa shape index (κ1) is 15.1. The van der Waals surface area contributed by atoms with Gasteiger partial charge in [0.25, 0.3) is 5.91 Å². The van der Waals surface area contributed by atoms with Gasteiger partial charge in [-0.3, -0.25) is 4.79 Å². The van der Waals surface area contributed by atoms with Gasteiger partial charge in [0.1, 0.15) is 11.5 Å². The van der Waals surface area contributed by atoms with Gasteiger partial charge in [-0.1, -0.05) is 0 Å². The van der Waals surface area contributed by atoms with Crippen LogP contribution in [0.15, 0.2) is 35.1 Å². The van der Waals surface area contributed by atoms with Crippen LogP contribution in [0.3, 0.4) is 0 Å². The van der Waals surface area contributed by atoms with Crippen LogP contribution in [0, 0.1) is 0 Å². The number of nitrogens with zero attached hydrogens (tertiary/aromatic N) is 3. The Balaban J connectivity index is 1.68. The number of rotatable bonds is 3. The second kappa shape index (κ2) is 6.50. The van der Waals surface area contributed by atoms with Gasteiger partial charge in [-0.15, -0.1) is 0 Å². The molecule has 116 valence electrons. The molecular weight excluding hydrogens is 346 g/mol. The van der Waals surface area contributed by atoms with E-state index in [9.17, 15) is 4.79 Å². The molecule has 7 heteroatoms. The van der Waals surface area contributed by atoms with Crippen LogP contribution in [0.25, 0.3) is 0 Å². The smallest absolute Gasteiger partial charge is 0.273 e. The Morgan fingerprint density at radius 2 is 2.14 bits per heavy atom. The van der Waals surface area contributed by atoms with E-state index in [4.69, 9.17) is 0 Å². The zero-order valence-corrected chi connectivity index (χ0v) is 13.9. The maximum atomic E-state index is 12.2. The Morgan fingerprint density at radius 1 is 1.36 bits per heavy atom. The molecule has 2 N–H and O–H groups in total. The van der Waals surface area contributed by atoms with Crippen LogP contribution >= 0.6 is 15.9 Å². The molecule has 1 saturated heterocycles. The Morgan fingerprint density at radius 3 is 2.73 bits per heavy atom. The third-order valence-corrected chi connectivity index (χ3v) is 4.11. The summed E-state index contributed by atoms with van der Waals surface area (Å²) in [6.07, 6.45) is 3.65. The second-order valence-electron chi connectivity index (χ2n) is 5.25. The molecule has 22 heavy (non-hydrogen) atoms. The predicted octanol–water partition coefficient (Wildman–Crippen LogP) is 1.84. The van der Waals surface area contributed by atoms with Crippen molar-refractivity contribution in [2.45, 2.75) is 0 Å². The molecule has 2 aromatic heterocycles. The van der Waals surface area contributed by atoms with Crippen molar-refractivity contribution in [2.75, 3.05) is 36.4 Å². The summed E-state index contributed by atoms with van der Waals surface area (Å²) in [5.74, 6) is 0.386. The van der Waals surface area contributed by atoms with Crippen LogP contribution in [0.5, 0.6) is 0 Å². The highest BCUT2D eigenvalue weighted by Crippen LogP contribution is 2.17. The van der Waals surface area contributed by atoms with Crippen molar-refractivity contribution in [1.29, 1.82) is 0 Å². The van der Waals surface area contributed by atoms with Crippen LogP contribution in [0.1, 0.15) is 10.5 Å². The van der Waals surface area contributed by atoms with E-state index < -0.39 is 0 Å². The quantitative estimate of drug-likeness (QED) is 0.873. The van der Waals surface area contributed by atoms with Crippen molar-refractivity contribution in [3.05, 3.63) is 40.8 Å². The van der Waals surface area contributed by atoms with Crippen molar-refractivity contribution >= 4 is 33.3 Å². The molecule has 0 saturated carbocycles. The zero-order valence-electron chi connectivity index (χ0n) is 12.3. The van der Waals surface area contributed by atoms with E-state index in [1.807, 2.05) is 31.6 Å². The van der Waals surface area contributed by atoms with Crippen molar-refractivity contribution in [3.8, 4) is 0 Å². The number of aromatic nitrogens is 2. The SMILES string of the molecule is Cn1cc(Br)cc1C(=O)Nc1ccc(N2CCNCC2)cn1. The van der Waals surface area contributed by atoms with E-state index in [0.717, 1.165) is 36.3 Å². The summed E-state index contributed by atoms with van der Waals surface area (Å²) in [6.45, 7) is 3.93. The van der Waals surface area contributed by atoms with E-state index in [0.29, 0.717) is 11.5 Å². The van der Waals surface area contributed by atoms with E-state index in [-0.39, 0.29) is 5.91 Å². The molecule has 2 aromatic rings. The van der Waals surface area contributed by atoms with Crippen LogP contribution in [0.4, 0.5) is 11.5 Å². The Bertz CT molecular complexity index is 661. The topological polar surface area (TPSA) is 62.2 Å². The lowest BCUT2D eigenvalue weighted by atomic mass is 10.3. The molecular formula is C15H18BrN5O. The molecule has 3 rings (SSSR count). The molecule has 1 fully saturated rings. The summed E-state index contributed by atoms with van der Waals surface area (Å²) in [7, 11) is 1.83. The molecule has 0 radical (unpaired) electrons. The molecule has 1 aliphatic rings. The van der Waals surface area contributed by atoms with E-state index in [1.54, 1.807) is 10.6 Å². The van der Waals surface area contributed by atoms with Gasteiger partial charge in [0.15, 0.2) is 0 Å². The Labute approximate surface area is 137 Å². The van der Waals surface area contributed by atoms with Crippen LogP contribution < -0.4 is 15.5 Å². The minimum atomic E-state index is -0.171. The van der Waals surface area contributed by atoms with Gasteiger partial charge < -0.3 is 20.1 Å². The minimum Gasteiger partial charge on any atom is -0.368 e. The van der Waals surface area contributed by atoms with Gasteiger partial charge in [-0.05, 0) is 34.1 Å². The van der Waals surface area contributed by atoms with Gasteiger partial charge in [-0.2, -0.15) is 0 Å². The van der Waals surface area contributed by atoms with Gasteiger partial charge in [0, 0.05) is 43.9 Å². The summed E-state index contributed by atoms with van der Waals surface area (Å²) in [5, 5.41) is 6.14. The summed E-state index contributed by atoms with van der Waals surface area (Å²) < 4.78 is 2.65. The van der Waals surface area contributed by atoms with Gasteiger partial charge >= 0.3 is 0 Å². The molecule has 6 nitrogen and oxygen atoms in total. The third-order valence-electron chi connectivity index (χ3n) is 3.68. The Kier molecular flexibility index (Phi) is 4.44. The molecule has 0 atom stereocenters. The molecule has 3 heterocycles. The first-order valence-corrected chi connectivity index (χ1v) is 7.98. The number of anilines is 2. The summed E-state index contributed by atoms with van der Waals surface area (Å²) in [6, 6.07) is 5.62. The Hall–Kier alpha value is -1.86. The van der Waals surface area contributed by atoms with E-state index in [1.165, 1.54) is 0 Å². The highest BCUT2D eigenvalue weighted by molar-refractivity contribution is 9.10. The first-order valence-electron chi connectivity index (χ1n) is 7.18. The van der Waals surface area contributed by atoms with Crippen LogP contribution in [-0.2, 0) is 7.05 Å². The van der Waals surface area contributed by atoms with Crippen molar-refractivity contribution < 1.29 is 4.79 Å². The van der Waals surface area contributed by atoms with E-state index in [2.05, 4.69) is 36.4 Å². The van der Waals surface area contributed by atoms with Crippen molar-refractivity contribution in [1.82, 2.24) is 14.9 Å². The molecule has 0 aliphatic carbocycles. The molecule has 0 aromatic carbocycles. The zero-order chi connectivity index (χ0) is 15.5. The average Bonchev–Trinajstić information content (AvgIpc) is 2.88. The first-order chi connectivity index (χ1) is 10.6. The number of halogens is 1. The maximum Gasteiger partial charge on any atom is 0.273 e. The standard InChI is InChI=1S/C15H18BrN5O/c1-20-10-11(16)8-13(20)15(22)19-14-3-2-12(9-18-14)21-6-4-17-5-7-21/h2-3,8-10,17H,4-7H2,1H3,(H,18,19,22). The van der Waals surface area contributed by atoms with Gasteiger partial charge in [0.2, 0.25) is 0 Å². The number of carbonyl (C=O) groups is 1. The largest absolute Gasteiger partial charge is 0.368 e. The van der Waals surface area contributed by atoms with Crippen molar-refractivity contribution in [2.24, 2.45) is 7.05 Å². The normalized spacial score (nSPS) is 14.9. The second-order valence-corrected chi connectivity index (χ2v) is 6.16. The fourth-order valence-corrected chi connectivity index (χ4v) is 3.02. The summed E-state index contributed by atoms with van der Waals surface area (Å²) in [5.41, 5.74) is 1.67. The van der Waals surface area contributed by atoms with E-state index >= 15 is 0 Å². The number of aryl methyl sites for hydroxylation is 1. The number of carbonyl (C=O) groups excluding carboxylic acids is 1. The monoisotopic (exact) mass is 363 g/mol. The van der Waals surface area contributed by atoms with Crippen LogP contribution in [-0.4, -0.2) is 41.6 Å². The molecule has 0 spiro atoms. The van der Waals surface area contributed by atoms with Crippen LogP contribution in [0.2, 0.25) is 0 Å². The van der Waals surface area contributed by atoms with Gasteiger partial charge in [0.05, 0.1) is 11.9 Å². The highest BCUT2D eigenvalue weighted by Gasteiger charge is 2.13. The summed E-state index contributed by atoms with van der Waals surface area (Å²) in [4.78, 5) is 18.8. The molecule has 1 aliphatic heterocycles. The van der Waals surface area contributed by atoms with Gasteiger partial charge in [-0.25, -0.2) is 4.98 Å². The molecule has 0 unspecified atom stereocenters. The lowest BCUT2D eigenvalue weighted by molar-refractivity contribution is 0.101. The fourth-order valence-electron chi connectivity index (χ4n) is 2.50. The highest BCUT2D eigenvalue weighted by atomic mass is 79.9. The number of hydrogen-bond acceptors (Lipinski definition) is 4. The minimum absolute atomic E-state index is 0.171. The maximum absolute atomic E-state index is 12.2.